The van der Waals surface area contributed by atoms with Gasteiger partial charge in [0, 0.05) is 12.6 Å². The molecule has 1 atom stereocenters. The van der Waals surface area contributed by atoms with Gasteiger partial charge in [0.05, 0.1) is 0 Å². The minimum Gasteiger partial charge on any atom is -0.273 e. The smallest absolute Gasteiger partial charge is 0.273 e. The van der Waals surface area contributed by atoms with E-state index in [1.807, 2.05) is 36.4 Å². The Balaban J connectivity index is 2.04. The van der Waals surface area contributed by atoms with Crippen LogP contribution in [0.25, 0.3) is 6.08 Å². The average molecular weight is 239 g/mol. The largest absolute Gasteiger partial charge is 0.336 e. The van der Waals surface area contributed by atoms with Gasteiger partial charge in [0.2, 0.25) is 0 Å². The molecular weight excluding hydrogens is 226 g/mol. The van der Waals surface area contributed by atoms with Crippen LogP contribution in [0.15, 0.2) is 36.4 Å². The molecule has 2 rings (SSSR count). The van der Waals surface area contributed by atoms with Crippen molar-refractivity contribution in [3.8, 4) is 0 Å². The SMILES string of the molecule is O=S(=O)(O)N1CCC1C=Cc1ccccc1. The third-order valence-electron chi connectivity index (χ3n) is 2.62. The van der Waals surface area contributed by atoms with Gasteiger partial charge in [0.1, 0.15) is 0 Å². The maximum atomic E-state index is 10.9. The van der Waals surface area contributed by atoms with Crippen LogP contribution in [0.1, 0.15) is 12.0 Å². The van der Waals surface area contributed by atoms with Crippen LogP contribution in [-0.2, 0) is 10.3 Å². The monoisotopic (exact) mass is 239 g/mol. The Kier molecular flexibility index (Phi) is 3.09. The van der Waals surface area contributed by atoms with Gasteiger partial charge in [-0.1, -0.05) is 42.5 Å². The number of benzene rings is 1. The second-order valence-electron chi connectivity index (χ2n) is 3.71. The van der Waals surface area contributed by atoms with E-state index in [2.05, 4.69) is 0 Å². The van der Waals surface area contributed by atoms with Gasteiger partial charge in [-0.15, -0.1) is 0 Å². The van der Waals surface area contributed by atoms with Gasteiger partial charge >= 0.3 is 10.3 Å². The van der Waals surface area contributed by atoms with Gasteiger partial charge in [-0.2, -0.15) is 12.7 Å². The summed E-state index contributed by atoms with van der Waals surface area (Å²) in [6.45, 7) is 0.391. The standard InChI is InChI=1S/C11H13NO3S/c13-16(14,15)12-9-8-11(12)7-6-10-4-2-1-3-5-10/h1-7,11H,8-9H2,(H,13,14,15). The fourth-order valence-electron chi connectivity index (χ4n) is 1.65. The lowest BCUT2D eigenvalue weighted by molar-refractivity contribution is 0.219. The highest BCUT2D eigenvalue weighted by Gasteiger charge is 2.34. The molecular formula is C11H13NO3S. The van der Waals surface area contributed by atoms with E-state index in [0.717, 1.165) is 16.3 Å². The highest BCUT2D eigenvalue weighted by Crippen LogP contribution is 2.22. The van der Waals surface area contributed by atoms with Crippen molar-refractivity contribution in [3.05, 3.63) is 42.0 Å². The molecule has 5 heteroatoms. The van der Waals surface area contributed by atoms with Crippen LogP contribution in [-0.4, -0.2) is 29.9 Å². The Morgan fingerprint density at radius 3 is 2.50 bits per heavy atom. The van der Waals surface area contributed by atoms with Gasteiger partial charge in [0.25, 0.3) is 0 Å². The Morgan fingerprint density at radius 1 is 1.31 bits per heavy atom. The molecule has 0 radical (unpaired) electrons. The normalized spacial score (nSPS) is 22.2. The predicted molar refractivity (Wildman–Crippen MR) is 62.1 cm³/mol. The second kappa shape index (κ2) is 4.37. The van der Waals surface area contributed by atoms with E-state index in [-0.39, 0.29) is 6.04 Å². The van der Waals surface area contributed by atoms with Crippen LogP contribution in [0.4, 0.5) is 0 Å². The highest BCUT2D eigenvalue weighted by molar-refractivity contribution is 7.83. The fourth-order valence-corrected chi connectivity index (χ4v) is 2.50. The summed E-state index contributed by atoms with van der Waals surface area (Å²) in [5.41, 5.74) is 1.02. The first-order valence-corrected chi connectivity index (χ1v) is 6.44. The number of hydrogen-bond donors (Lipinski definition) is 1. The molecule has 1 fully saturated rings. The van der Waals surface area contributed by atoms with Gasteiger partial charge in [0.15, 0.2) is 0 Å². The van der Waals surface area contributed by atoms with Crippen molar-refractivity contribution in [2.75, 3.05) is 6.54 Å². The molecule has 1 heterocycles. The molecule has 1 aromatic carbocycles. The van der Waals surface area contributed by atoms with Gasteiger partial charge in [-0.25, -0.2) is 0 Å². The van der Waals surface area contributed by atoms with Crippen molar-refractivity contribution in [2.45, 2.75) is 12.5 Å². The molecule has 0 bridgehead atoms. The third-order valence-corrected chi connectivity index (χ3v) is 3.67. The van der Waals surface area contributed by atoms with E-state index in [4.69, 9.17) is 4.55 Å². The lowest BCUT2D eigenvalue weighted by atomic mass is 10.1. The van der Waals surface area contributed by atoms with Crippen molar-refractivity contribution in [1.29, 1.82) is 0 Å². The summed E-state index contributed by atoms with van der Waals surface area (Å²) < 4.78 is 31.7. The van der Waals surface area contributed by atoms with Crippen LogP contribution >= 0.6 is 0 Å². The van der Waals surface area contributed by atoms with Crippen molar-refractivity contribution in [1.82, 2.24) is 4.31 Å². The minimum absolute atomic E-state index is 0.213. The quantitative estimate of drug-likeness (QED) is 0.815. The third kappa shape index (κ3) is 2.49. The molecule has 0 spiro atoms. The van der Waals surface area contributed by atoms with E-state index >= 15 is 0 Å². The van der Waals surface area contributed by atoms with E-state index in [1.165, 1.54) is 0 Å². The van der Waals surface area contributed by atoms with E-state index in [0.29, 0.717) is 6.54 Å². The van der Waals surface area contributed by atoms with E-state index in [1.54, 1.807) is 6.08 Å². The molecule has 16 heavy (non-hydrogen) atoms. The van der Waals surface area contributed by atoms with Crippen molar-refractivity contribution >= 4 is 16.4 Å². The lowest BCUT2D eigenvalue weighted by Gasteiger charge is -2.35. The Labute approximate surface area is 95.1 Å². The fraction of sp³-hybridized carbons (Fsp3) is 0.273. The van der Waals surface area contributed by atoms with Crippen LogP contribution in [0.5, 0.6) is 0 Å². The zero-order valence-electron chi connectivity index (χ0n) is 8.65. The Bertz CT molecular complexity index is 481. The first-order chi connectivity index (χ1) is 7.57. The summed E-state index contributed by atoms with van der Waals surface area (Å²) in [5.74, 6) is 0. The molecule has 4 nitrogen and oxygen atoms in total. The molecule has 1 aliphatic heterocycles. The summed E-state index contributed by atoms with van der Waals surface area (Å²) in [7, 11) is -4.04. The number of rotatable bonds is 3. The Hall–Kier alpha value is -1.17. The van der Waals surface area contributed by atoms with Crippen LogP contribution < -0.4 is 0 Å². The topological polar surface area (TPSA) is 57.6 Å². The molecule has 86 valence electrons. The van der Waals surface area contributed by atoms with Gasteiger partial charge in [-0.3, -0.25) is 4.55 Å². The van der Waals surface area contributed by atoms with Gasteiger partial charge in [-0.05, 0) is 12.0 Å². The molecule has 0 aromatic heterocycles. The molecule has 1 saturated heterocycles. The van der Waals surface area contributed by atoms with Crippen molar-refractivity contribution in [2.24, 2.45) is 0 Å². The average Bonchev–Trinajstić information content (AvgIpc) is 2.15. The van der Waals surface area contributed by atoms with E-state index < -0.39 is 10.3 Å². The van der Waals surface area contributed by atoms with Crippen LogP contribution in [0.2, 0.25) is 0 Å². The minimum atomic E-state index is -4.04. The molecule has 1 N–H and O–H groups in total. The van der Waals surface area contributed by atoms with Crippen molar-refractivity contribution in [3.63, 3.8) is 0 Å². The zero-order valence-corrected chi connectivity index (χ0v) is 9.47. The molecule has 0 amide bonds. The summed E-state index contributed by atoms with van der Waals surface area (Å²) in [6.07, 6.45) is 4.41. The molecule has 0 saturated carbocycles. The first kappa shape index (κ1) is 11.3. The molecule has 1 aliphatic rings. The maximum absolute atomic E-state index is 10.9. The second-order valence-corrected chi connectivity index (χ2v) is 5.08. The maximum Gasteiger partial charge on any atom is 0.336 e. The summed E-state index contributed by atoms with van der Waals surface area (Å²) >= 11 is 0. The number of nitrogens with zero attached hydrogens (tertiary/aromatic N) is 1. The summed E-state index contributed by atoms with van der Waals surface area (Å²) in [4.78, 5) is 0. The Morgan fingerprint density at radius 2 is 2.00 bits per heavy atom. The summed E-state index contributed by atoms with van der Waals surface area (Å²) in [6, 6.07) is 9.42. The highest BCUT2D eigenvalue weighted by atomic mass is 32.2. The lowest BCUT2D eigenvalue weighted by Crippen LogP contribution is -2.49. The molecule has 0 aliphatic carbocycles. The number of hydrogen-bond acceptors (Lipinski definition) is 2. The first-order valence-electron chi connectivity index (χ1n) is 5.05. The van der Waals surface area contributed by atoms with Gasteiger partial charge < -0.3 is 0 Å². The van der Waals surface area contributed by atoms with E-state index in [9.17, 15) is 8.42 Å². The zero-order chi connectivity index (χ0) is 11.6. The van der Waals surface area contributed by atoms with Crippen LogP contribution in [0, 0.1) is 0 Å². The predicted octanol–water partition coefficient (Wildman–Crippen LogP) is 1.58. The molecule has 1 aromatic rings. The van der Waals surface area contributed by atoms with Crippen LogP contribution in [0.3, 0.4) is 0 Å². The van der Waals surface area contributed by atoms with Crippen molar-refractivity contribution < 1.29 is 13.0 Å². The molecule has 1 unspecified atom stereocenters. The summed E-state index contributed by atoms with van der Waals surface area (Å²) in [5, 5.41) is 0.